The number of benzene rings is 1. The van der Waals surface area contributed by atoms with Crippen LogP contribution >= 0.6 is 0 Å². The Morgan fingerprint density at radius 2 is 1.68 bits per heavy atom. The normalized spacial score (nSPS) is 13.2. The Morgan fingerprint density at radius 1 is 1.12 bits per heavy atom. The van der Waals surface area contributed by atoms with Crippen LogP contribution in [0.2, 0.25) is 0 Å². The van der Waals surface area contributed by atoms with Gasteiger partial charge in [-0.1, -0.05) is 30.3 Å². The van der Waals surface area contributed by atoms with Crippen molar-refractivity contribution in [3.05, 3.63) is 35.9 Å². The fraction of sp³-hybridized carbons (Fsp3) is 0.579. The molecule has 0 aromatic heterocycles. The average Bonchev–Trinajstić information content (AvgIpc) is 2.44. The molecule has 1 atom stereocenters. The van der Waals surface area contributed by atoms with Crippen molar-refractivity contribution in [3.63, 3.8) is 0 Å². The lowest BCUT2D eigenvalue weighted by Crippen LogP contribution is -2.50. The number of rotatable bonds is 6. The summed E-state index contributed by atoms with van der Waals surface area (Å²) >= 11 is 0. The van der Waals surface area contributed by atoms with E-state index < -0.39 is 29.2 Å². The molecule has 0 aliphatic carbocycles. The molecule has 1 unspecified atom stereocenters. The van der Waals surface area contributed by atoms with Crippen LogP contribution in [-0.2, 0) is 9.53 Å². The first-order valence-electron chi connectivity index (χ1n) is 8.43. The number of hydrogen-bond donors (Lipinski definition) is 2. The Kier molecular flexibility index (Phi) is 6.99. The van der Waals surface area contributed by atoms with Gasteiger partial charge in [-0.2, -0.15) is 0 Å². The third-order valence-electron chi connectivity index (χ3n) is 3.49. The number of ether oxygens (including phenoxy) is 1. The lowest BCUT2D eigenvalue weighted by Gasteiger charge is -2.37. The van der Waals surface area contributed by atoms with E-state index in [9.17, 15) is 14.7 Å². The smallest absolute Gasteiger partial charge is 0.410 e. The van der Waals surface area contributed by atoms with E-state index in [1.165, 1.54) is 0 Å². The van der Waals surface area contributed by atoms with Gasteiger partial charge in [-0.15, -0.1) is 0 Å². The molecule has 6 nitrogen and oxygen atoms in total. The van der Waals surface area contributed by atoms with E-state index in [1.54, 1.807) is 29.2 Å². The van der Waals surface area contributed by atoms with Crippen molar-refractivity contribution in [1.82, 2.24) is 10.2 Å². The highest BCUT2D eigenvalue weighted by molar-refractivity contribution is 5.75. The minimum atomic E-state index is -0.953. The Bertz CT molecular complexity index is 573. The van der Waals surface area contributed by atoms with E-state index in [4.69, 9.17) is 4.74 Å². The van der Waals surface area contributed by atoms with Gasteiger partial charge in [0, 0.05) is 18.6 Å². The predicted octanol–water partition coefficient (Wildman–Crippen LogP) is 3.44. The molecule has 0 aliphatic heterocycles. The van der Waals surface area contributed by atoms with Gasteiger partial charge in [0.1, 0.15) is 11.6 Å². The minimum Gasteiger partial charge on any atom is -0.480 e. The number of nitrogens with one attached hydrogen (secondary N) is 1. The first kappa shape index (κ1) is 21.0. The first-order valence-corrected chi connectivity index (χ1v) is 8.43. The van der Waals surface area contributed by atoms with Crippen molar-refractivity contribution in [2.45, 2.75) is 58.7 Å². The maximum Gasteiger partial charge on any atom is 0.410 e. The zero-order chi connectivity index (χ0) is 19.3. The summed E-state index contributed by atoms with van der Waals surface area (Å²) < 4.78 is 5.46. The number of carbonyl (C=O) groups is 2. The van der Waals surface area contributed by atoms with Gasteiger partial charge in [0.2, 0.25) is 0 Å². The van der Waals surface area contributed by atoms with E-state index in [0.29, 0.717) is 18.7 Å². The second-order valence-electron chi connectivity index (χ2n) is 7.94. The lowest BCUT2D eigenvalue weighted by atomic mass is 10.1. The highest BCUT2D eigenvalue weighted by atomic mass is 16.6. The van der Waals surface area contributed by atoms with Crippen LogP contribution in [-0.4, -0.2) is 46.3 Å². The summed E-state index contributed by atoms with van der Waals surface area (Å²) in [5, 5.41) is 12.5. The SMILES string of the molecule is CC(C)(C)OC(=O)N(CCNC(C(=O)O)c1ccccc1)C(C)(C)C. The number of amides is 1. The fourth-order valence-electron chi connectivity index (χ4n) is 2.33. The van der Waals surface area contributed by atoms with Gasteiger partial charge in [-0.3, -0.25) is 10.1 Å². The van der Waals surface area contributed by atoms with Crippen LogP contribution in [0.15, 0.2) is 30.3 Å². The topological polar surface area (TPSA) is 78.9 Å². The standard InChI is InChI=1S/C19H30N2O4/c1-18(2,3)21(17(24)25-19(4,5)6)13-12-20-15(16(22)23)14-10-8-7-9-11-14/h7-11,15,20H,12-13H2,1-6H3,(H,22,23). The van der Waals surface area contributed by atoms with Gasteiger partial charge >= 0.3 is 12.1 Å². The maximum absolute atomic E-state index is 12.4. The molecule has 0 heterocycles. The molecule has 140 valence electrons. The van der Waals surface area contributed by atoms with E-state index in [-0.39, 0.29) is 0 Å². The van der Waals surface area contributed by atoms with Crippen molar-refractivity contribution in [2.75, 3.05) is 13.1 Å². The molecule has 0 saturated heterocycles. The number of carbonyl (C=O) groups excluding carboxylic acids is 1. The van der Waals surface area contributed by atoms with Gasteiger partial charge in [-0.05, 0) is 47.1 Å². The maximum atomic E-state index is 12.4. The molecule has 1 aromatic rings. The van der Waals surface area contributed by atoms with Crippen LogP contribution in [0, 0.1) is 0 Å². The monoisotopic (exact) mass is 350 g/mol. The summed E-state index contributed by atoms with van der Waals surface area (Å²) in [5.41, 5.74) is -0.341. The number of hydrogen-bond acceptors (Lipinski definition) is 4. The molecular formula is C19H30N2O4. The van der Waals surface area contributed by atoms with Crippen molar-refractivity contribution >= 4 is 12.1 Å². The molecule has 1 amide bonds. The molecule has 0 bridgehead atoms. The summed E-state index contributed by atoms with van der Waals surface area (Å²) in [5.74, 6) is -0.953. The van der Waals surface area contributed by atoms with Gasteiger partial charge in [0.05, 0.1) is 0 Å². The molecule has 0 saturated carbocycles. The van der Waals surface area contributed by atoms with E-state index in [1.807, 2.05) is 47.6 Å². The fourth-order valence-corrected chi connectivity index (χ4v) is 2.33. The Labute approximate surface area is 150 Å². The molecule has 1 rings (SSSR count). The van der Waals surface area contributed by atoms with Gasteiger partial charge in [0.15, 0.2) is 0 Å². The number of nitrogens with zero attached hydrogens (tertiary/aromatic N) is 1. The molecular weight excluding hydrogens is 320 g/mol. The second kappa shape index (κ2) is 8.34. The van der Waals surface area contributed by atoms with E-state index in [0.717, 1.165) is 0 Å². The van der Waals surface area contributed by atoms with Gasteiger partial charge in [-0.25, -0.2) is 4.79 Å². The molecule has 0 spiro atoms. The first-order chi connectivity index (χ1) is 11.4. The van der Waals surface area contributed by atoms with Crippen LogP contribution in [0.5, 0.6) is 0 Å². The molecule has 0 aliphatic rings. The van der Waals surface area contributed by atoms with Gasteiger partial charge in [0.25, 0.3) is 0 Å². The van der Waals surface area contributed by atoms with E-state index >= 15 is 0 Å². The minimum absolute atomic E-state index is 0.336. The molecule has 0 fully saturated rings. The molecule has 2 N–H and O–H groups in total. The Morgan fingerprint density at radius 3 is 2.12 bits per heavy atom. The van der Waals surface area contributed by atoms with Crippen molar-refractivity contribution < 1.29 is 19.4 Å². The van der Waals surface area contributed by atoms with Crippen LogP contribution in [0.1, 0.15) is 53.1 Å². The highest BCUT2D eigenvalue weighted by Gasteiger charge is 2.30. The van der Waals surface area contributed by atoms with Crippen molar-refractivity contribution in [3.8, 4) is 0 Å². The molecule has 0 radical (unpaired) electrons. The second-order valence-corrected chi connectivity index (χ2v) is 7.94. The van der Waals surface area contributed by atoms with Crippen LogP contribution in [0.25, 0.3) is 0 Å². The van der Waals surface area contributed by atoms with Crippen LogP contribution in [0.3, 0.4) is 0 Å². The van der Waals surface area contributed by atoms with Crippen LogP contribution in [0.4, 0.5) is 4.79 Å². The number of aliphatic carboxylic acids is 1. The third-order valence-corrected chi connectivity index (χ3v) is 3.49. The number of carboxylic acids is 1. The van der Waals surface area contributed by atoms with E-state index in [2.05, 4.69) is 5.32 Å². The summed E-state index contributed by atoms with van der Waals surface area (Å²) in [7, 11) is 0. The number of carboxylic acid groups (broad SMARTS) is 1. The Balaban J connectivity index is 2.76. The van der Waals surface area contributed by atoms with Gasteiger partial charge < -0.3 is 14.7 Å². The molecule has 25 heavy (non-hydrogen) atoms. The summed E-state index contributed by atoms with van der Waals surface area (Å²) in [6, 6.07) is 8.15. The lowest BCUT2D eigenvalue weighted by molar-refractivity contribution is -0.139. The molecule has 1 aromatic carbocycles. The quantitative estimate of drug-likeness (QED) is 0.822. The summed E-state index contributed by atoms with van der Waals surface area (Å²) in [4.78, 5) is 25.6. The van der Waals surface area contributed by atoms with Crippen LogP contribution < -0.4 is 5.32 Å². The van der Waals surface area contributed by atoms with Crippen molar-refractivity contribution in [1.29, 1.82) is 0 Å². The third kappa shape index (κ3) is 7.13. The average molecular weight is 350 g/mol. The highest BCUT2D eigenvalue weighted by Crippen LogP contribution is 2.18. The summed E-state index contributed by atoms with van der Waals surface area (Å²) in [6.07, 6.45) is -0.409. The zero-order valence-corrected chi connectivity index (χ0v) is 16.0. The Hall–Kier alpha value is -2.08. The zero-order valence-electron chi connectivity index (χ0n) is 16.0. The predicted molar refractivity (Wildman–Crippen MR) is 97.5 cm³/mol. The largest absolute Gasteiger partial charge is 0.480 e. The van der Waals surface area contributed by atoms with Crippen molar-refractivity contribution in [2.24, 2.45) is 0 Å². The molecule has 6 heteroatoms. The summed E-state index contributed by atoms with van der Waals surface area (Å²) in [6.45, 7) is 11.9.